The zero-order valence-corrected chi connectivity index (χ0v) is 16.6. The van der Waals surface area contributed by atoms with E-state index in [2.05, 4.69) is 27.0 Å². The van der Waals surface area contributed by atoms with E-state index in [-0.39, 0.29) is 5.91 Å². The highest BCUT2D eigenvalue weighted by atomic mass is 32.1. The molecule has 4 rings (SSSR count). The maximum atomic E-state index is 12.7. The van der Waals surface area contributed by atoms with Crippen molar-refractivity contribution < 1.29 is 9.53 Å². The first kappa shape index (κ1) is 18.4. The Morgan fingerprint density at radius 2 is 1.89 bits per heavy atom. The van der Waals surface area contributed by atoms with Crippen molar-refractivity contribution >= 4 is 22.9 Å². The third-order valence-electron chi connectivity index (χ3n) is 4.84. The molecule has 6 nitrogen and oxygen atoms in total. The Balaban J connectivity index is 1.32. The van der Waals surface area contributed by atoms with Crippen LogP contribution in [0.15, 0.2) is 54.0 Å². The second-order valence-electron chi connectivity index (χ2n) is 6.60. The predicted molar refractivity (Wildman–Crippen MR) is 111 cm³/mol. The van der Waals surface area contributed by atoms with Crippen LogP contribution in [0.5, 0.6) is 5.75 Å². The molecule has 144 valence electrons. The monoisotopic (exact) mass is 394 g/mol. The second-order valence-corrected chi connectivity index (χ2v) is 7.46. The second kappa shape index (κ2) is 8.39. The molecule has 0 saturated carbocycles. The summed E-state index contributed by atoms with van der Waals surface area (Å²) in [6, 6.07) is 13.8. The highest BCUT2D eigenvalue weighted by molar-refractivity contribution is 7.13. The van der Waals surface area contributed by atoms with E-state index in [0.29, 0.717) is 6.42 Å². The van der Waals surface area contributed by atoms with E-state index in [1.165, 1.54) is 11.3 Å². The molecule has 0 unspecified atom stereocenters. The number of pyridine rings is 1. The highest BCUT2D eigenvalue weighted by Gasteiger charge is 2.22. The van der Waals surface area contributed by atoms with Crippen molar-refractivity contribution in [3.63, 3.8) is 0 Å². The third-order valence-corrected chi connectivity index (χ3v) is 5.75. The van der Waals surface area contributed by atoms with E-state index in [1.54, 1.807) is 13.3 Å². The molecule has 3 aromatic rings. The van der Waals surface area contributed by atoms with Crippen molar-refractivity contribution in [3.05, 3.63) is 59.7 Å². The van der Waals surface area contributed by atoms with Gasteiger partial charge in [-0.3, -0.25) is 9.78 Å². The summed E-state index contributed by atoms with van der Waals surface area (Å²) >= 11 is 1.53. The minimum absolute atomic E-state index is 0.132. The first-order valence-corrected chi connectivity index (χ1v) is 10.1. The summed E-state index contributed by atoms with van der Waals surface area (Å²) in [4.78, 5) is 25.8. The Hall–Kier alpha value is -2.93. The number of nitrogens with zero attached hydrogens (tertiary/aromatic N) is 4. The number of carbonyl (C=O) groups excluding carboxylic acids is 1. The molecule has 2 aromatic heterocycles. The van der Waals surface area contributed by atoms with Gasteiger partial charge in [0, 0.05) is 43.4 Å². The van der Waals surface area contributed by atoms with Gasteiger partial charge in [0.15, 0.2) is 0 Å². The summed E-state index contributed by atoms with van der Waals surface area (Å²) in [6.07, 6.45) is 2.09. The van der Waals surface area contributed by atoms with Crippen molar-refractivity contribution in [2.24, 2.45) is 0 Å². The number of anilines is 1. The van der Waals surface area contributed by atoms with E-state index < -0.39 is 0 Å². The van der Waals surface area contributed by atoms with Crippen molar-refractivity contribution in [1.29, 1.82) is 0 Å². The topological polar surface area (TPSA) is 58.6 Å². The van der Waals surface area contributed by atoms with Gasteiger partial charge >= 0.3 is 0 Å². The first-order chi connectivity index (χ1) is 13.7. The van der Waals surface area contributed by atoms with Crippen LogP contribution in [0.2, 0.25) is 0 Å². The number of hydrogen-bond donors (Lipinski definition) is 0. The Bertz CT molecular complexity index is 919. The molecule has 0 bridgehead atoms. The molecule has 0 spiro atoms. The lowest BCUT2D eigenvalue weighted by Gasteiger charge is -2.36. The summed E-state index contributed by atoms with van der Waals surface area (Å²) < 4.78 is 5.21. The summed E-state index contributed by atoms with van der Waals surface area (Å²) in [6.45, 7) is 3.10. The van der Waals surface area contributed by atoms with Gasteiger partial charge in [-0.1, -0.05) is 6.07 Å². The SMILES string of the molecule is COc1ccc(N2CCN(C(=O)Cc3csc(-c4ccccn4)n3)CC2)cc1. The number of methoxy groups -OCH3 is 1. The molecule has 0 atom stereocenters. The summed E-state index contributed by atoms with van der Waals surface area (Å²) in [5.74, 6) is 0.984. The van der Waals surface area contributed by atoms with Gasteiger partial charge in [-0.15, -0.1) is 11.3 Å². The van der Waals surface area contributed by atoms with Gasteiger partial charge in [0.05, 0.1) is 24.9 Å². The predicted octanol–water partition coefficient (Wildman–Crippen LogP) is 3.11. The molecule has 1 aliphatic rings. The third kappa shape index (κ3) is 4.14. The molecule has 1 amide bonds. The fraction of sp³-hybridized carbons (Fsp3) is 0.286. The number of rotatable bonds is 5. The van der Waals surface area contributed by atoms with Gasteiger partial charge in [0.25, 0.3) is 0 Å². The van der Waals surface area contributed by atoms with Gasteiger partial charge in [0.1, 0.15) is 10.8 Å². The average Bonchev–Trinajstić information content (AvgIpc) is 3.23. The van der Waals surface area contributed by atoms with Crippen LogP contribution in [0.1, 0.15) is 5.69 Å². The number of amides is 1. The number of ether oxygens (including phenoxy) is 1. The van der Waals surface area contributed by atoms with Gasteiger partial charge in [-0.2, -0.15) is 0 Å². The number of piperazine rings is 1. The van der Waals surface area contributed by atoms with Crippen molar-refractivity contribution in [2.45, 2.75) is 6.42 Å². The molecule has 3 heterocycles. The average molecular weight is 395 g/mol. The van der Waals surface area contributed by atoms with Crippen molar-refractivity contribution in [2.75, 3.05) is 38.2 Å². The van der Waals surface area contributed by atoms with Gasteiger partial charge in [-0.25, -0.2) is 4.98 Å². The van der Waals surface area contributed by atoms with Crippen LogP contribution < -0.4 is 9.64 Å². The normalized spacial score (nSPS) is 14.2. The van der Waals surface area contributed by atoms with Crippen molar-refractivity contribution in [1.82, 2.24) is 14.9 Å². The van der Waals surface area contributed by atoms with E-state index in [1.807, 2.05) is 40.6 Å². The first-order valence-electron chi connectivity index (χ1n) is 9.25. The minimum atomic E-state index is 0.132. The maximum Gasteiger partial charge on any atom is 0.228 e. The Kier molecular flexibility index (Phi) is 5.53. The number of carbonyl (C=O) groups is 1. The van der Waals surface area contributed by atoms with E-state index >= 15 is 0 Å². The number of aromatic nitrogens is 2. The maximum absolute atomic E-state index is 12.7. The summed E-state index contributed by atoms with van der Waals surface area (Å²) in [5.41, 5.74) is 2.82. The molecular formula is C21H22N4O2S. The molecule has 7 heteroatoms. The lowest BCUT2D eigenvalue weighted by Crippen LogP contribution is -2.49. The molecule has 0 N–H and O–H groups in total. The lowest BCUT2D eigenvalue weighted by atomic mass is 10.2. The molecule has 1 aliphatic heterocycles. The summed E-state index contributed by atoms with van der Waals surface area (Å²) in [5, 5.41) is 2.81. The zero-order valence-electron chi connectivity index (χ0n) is 15.7. The fourth-order valence-electron chi connectivity index (χ4n) is 3.27. The largest absolute Gasteiger partial charge is 0.497 e. The highest BCUT2D eigenvalue weighted by Crippen LogP contribution is 2.23. The minimum Gasteiger partial charge on any atom is -0.497 e. The van der Waals surface area contributed by atoms with E-state index in [9.17, 15) is 4.79 Å². The van der Waals surface area contributed by atoms with Gasteiger partial charge in [-0.05, 0) is 36.4 Å². The Morgan fingerprint density at radius 1 is 1.11 bits per heavy atom. The molecule has 1 saturated heterocycles. The van der Waals surface area contributed by atoms with Crippen LogP contribution in [-0.4, -0.2) is 54.1 Å². The van der Waals surface area contributed by atoms with Gasteiger partial charge in [0.2, 0.25) is 5.91 Å². The van der Waals surface area contributed by atoms with Crippen LogP contribution in [0.4, 0.5) is 5.69 Å². The van der Waals surface area contributed by atoms with E-state index in [4.69, 9.17) is 4.74 Å². The quantitative estimate of drug-likeness (QED) is 0.666. The molecule has 0 aliphatic carbocycles. The lowest BCUT2D eigenvalue weighted by molar-refractivity contribution is -0.130. The standard InChI is InChI=1S/C21H22N4O2S/c1-27-18-7-5-17(6-8-18)24-10-12-25(13-11-24)20(26)14-16-15-28-21(23-16)19-4-2-3-9-22-19/h2-9,15H,10-14H2,1H3. The number of thiazole rings is 1. The van der Waals surface area contributed by atoms with Crippen LogP contribution in [0.3, 0.4) is 0 Å². The number of benzene rings is 1. The molecule has 1 fully saturated rings. The van der Waals surface area contributed by atoms with E-state index in [0.717, 1.165) is 54.0 Å². The number of hydrogen-bond acceptors (Lipinski definition) is 6. The molecule has 1 aromatic carbocycles. The molecule has 28 heavy (non-hydrogen) atoms. The molecular weight excluding hydrogens is 372 g/mol. The zero-order chi connectivity index (χ0) is 19.3. The fourth-order valence-corrected chi connectivity index (χ4v) is 4.06. The van der Waals surface area contributed by atoms with Crippen LogP contribution in [0, 0.1) is 0 Å². The van der Waals surface area contributed by atoms with Crippen molar-refractivity contribution in [3.8, 4) is 16.5 Å². The Labute approximate surface area is 168 Å². The van der Waals surface area contributed by atoms with Crippen LogP contribution in [0.25, 0.3) is 10.7 Å². The van der Waals surface area contributed by atoms with Crippen LogP contribution >= 0.6 is 11.3 Å². The molecule has 0 radical (unpaired) electrons. The van der Waals surface area contributed by atoms with Crippen LogP contribution in [-0.2, 0) is 11.2 Å². The Morgan fingerprint density at radius 3 is 2.57 bits per heavy atom. The van der Waals surface area contributed by atoms with Gasteiger partial charge < -0.3 is 14.5 Å². The summed E-state index contributed by atoms with van der Waals surface area (Å²) in [7, 11) is 1.67. The smallest absolute Gasteiger partial charge is 0.228 e.